The number of nitro groups is 1. The molecule has 0 atom stereocenters. The van der Waals surface area contributed by atoms with Crippen molar-refractivity contribution in [3.63, 3.8) is 0 Å². The molecule has 3 aromatic rings. The number of nitrogens with zero attached hydrogens (tertiary/aromatic N) is 2. The zero-order valence-corrected chi connectivity index (χ0v) is 16.1. The maximum Gasteiger partial charge on any atom is 0.269 e. The second kappa shape index (κ2) is 7.76. The molecule has 132 valence electrons. The Kier molecular flexibility index (Phi) is 5.43. The highest BCUT2D eigenvalue weighted by atomic mass is 79.9. The van der Waals surface area contributed by atoms with Gasteiger partial charge < -0.3 is 0 Å². The number of carbonyl (C=O) groups excluding carboxylic acids is 1. The number of nitro benzene ring substituents is 1. The number of thiazole rings is 1. The van der Waals surface area contributed by atoms with Crippen LogP contribution in [0.25, 0.3) is 0 Å². The summed E-state index contributed by atoms with van der Waals surface area (Å²) in [6.45, 7) is 1.88. The molecule has 0 aliphatic heterocycles. The number of anilines is 1. The molecule has 8 heteroatoms. The van der Waals surface area contributed by atoms with Crippen molar-refractivity contribution in [2.45, 2.75) is 13.3 Å². The summed E-state index contributed by atoms with van der Waals surface area (Å²) in [7, 11) is 0. The molecular weight excluding hydrogens is 418 g/mol. The van der Waals surface area contributed by atoms with Crippen LogP contribution in [0.3, 0.4) is 0 Å². The third-order valence-electron chi connectivity index (χ3n) is 3.71. The highest BCUT2D eigenvalue weighted by Crippen LogP contribution is 2.26. The van der Waals surface area contributed by atoms with Crippen molar-refractivity contribution < 1.29 is 9.72 Å². The Morgan fingerprint density at radius 3 is 2.65 bits per heavy atom. The number of hydrogen-bond acceptors (Lipinski definition) is 5. The van der Waals surface area contributed by atoms with Crippen molar-refractivity contribution in [3.8, 4) is 0 Å². The van der Waals surface area contributed by atoms with E-state index in [0.29, 0.717) is 17.1 Å². The van der Waals surface area contributed by atoms with Gasteiger partial charge in [0.05, 0.1) is 10.6 Å². The highest BCUT2D eigenvalue weighted by Gasteiger charge is 2.13. The van der Waals surface area contributed by atoms with E-state index in [1.165, 1.54) is 23.5 Å². The first-order valence-electron chi connectivity index (χ1n) is 7.69. The van der Waals surface area contributed by atoms with Crippen LogP contribution >= 0.6 is 27.3 Å². The van der Waals surface area contributed by atoms with Gasteiger partial charge in [-0.25, -0.2) is 4.98 Å². The van der Waals surface area contributed by atoms with Gasteiger partial charge >= 0.3 is 0 Å². The lowest BCUT2D eigenvalue weighted by atomic mass is 10.1. The summed E-state index contributed by atoms with van der Waals surface area (Å²) in [6.07, 6.45) is 0.605. The van der Waals surface area contributed by atoms with E-state index >= 15 is 0 Å². The first-order chi connectivity index (χ1) is 12.4. The molecule has 0 bridgehead atoms. The molecule has 0 saturated heterocycles. The molecule has 3 rings (SSSR count). The highest BCUT2D eigenvalue weighted by molar-refractivity contribution is 9.10. The number of carbonyl (C=O) groups is 1. The summed E-state index contributed by atoms with van der Waals surface area (Å²) in [6, 6.07) is 13.6. The lowest BCUT2D eigenvalue weighted by molar-refractivity contribution is -0.384. The molecule has 1 heterocycles. The SMILES string of the molecule is Cc1nc(NC(=O)c2cccc(Br)c2)sc1Cc1ccc([N+](=O)[O-])cc1. The zero-order valence-electron chi connectivity index (χ0n) is 13.7. The molecular formula is C18H14BrN3O3S. The normalized spacial score (nSPS) is 10.5. The molecule has 0 unspecified atom stereocenters. The molecule has 26 heavy (non-hydrogen) atoms. The standard InChI is InChI=1S/C18H14BrN3O3S/c1-11-16(9-12-5-7-15(8-6-12)22(24)25)26-18(20-11)21-17(23)13-3-2-4-14(19)10-13/h2-8,10H,9H2,1H3,(H,20,21,23). The number of hydrogen-bond donors (Lipinski definition) is 1. The monoisotopic (exact) mass is 431 g/mol. The number of halogens is 1. The molecule has 0 aliphatic carbocycles. The van der Waals surface area contributed by atoms with Crippen LogP contribution in [0, 0.1) is 17.0 Å². The van der Waals surface area contributed by atoms with Crippen LogP contribution in [0.5, 0.6) is 0 Å². The van der Waals surface area contributed by atoms with Crippen LogP contribution in [0.2, 0.25) is 0 Å². The van der Waals surface area contributed by atoms with Crippen molar-refractivity contribution in [2.24, 2.45) is 0 Å². The van der Waals surface area contributed by atoms with Crippen LogP contribution in [-0.2, 0) is 6.42 Å². The van der Waals surface area contributed by atoms with E-state index in [0.717, 1.165) is 20.6 Å². The molecule has 0 saturated carbocycles. The van der Waals surface area contributed by atoms with Gasteiger partial charge in [0.25, 0.3) is 11.6 Å². The Balaban J connectivity index is 1.72. The van der Waals surface area contributed by atoms with Crippen LogP contribution in [0.4, 0.5) is 10.8 Å². The predicted octanol–water partition coefficient (Wildman–Crippen LogP) is 4.97. The minimum Gasteiger partial charge on any atom is -0.298 e. The topological polar surface area (TPSA) is 85.1 Å². The van der Waals surface area contributed by atoms with Gasteiger partial charge in [-0.05, 0) is 30.7 Å². The second-order valence-electron chi connectivity index (χ2n) is 5.59. The quantitative estimate of drug-likeness (QED) is 0.456. The number of nitrogens with one attached hydrogen (secondary N) is 1. The largest absolute Gasteiger partial charge is 0.298 e. The van der Waals surface area contributed by atoms with E-state index < -0.39 is 4.92 Å². The summed E-state index contributed by atoms with van der Waals surface area (Å²) in [5.74, 6) is -0.220. The number of rotatable bonds is 5. The molecule has 1 amide bonds. The van der Waals surface area contributed by atoms with Gasteiger partial charge in [0.15, 0.2) is 5.13 Å². The van der Waals surface area contributed by atoms with E-state index in [1.54, 1.807) is 30.3 Å². The third kappa shape index (κ3) is 4.33. The van der Waals surface area contributed by atoms with Gasteiger partial charge in [0.2, 0.25) is 0 Å². The summed E-state index contributed by atoms with van der Waals surface area (Å²) < 4.78 is 0.833. The number of benzene rings is 2. The van der Waals surface area contributed by atoms with Gasteiger partial charge in [-0.15, -0.1) is 11.3 Å². The number of aromatic nitrogens is 1. The van der Waals surface area contributed by atoms with Crippen LogP contribution < -0.4 is 5.32 Å². The number of non-ortho nitro benzene ring substituents is 1. The average molecular weight is 432 g/mol. The van der Waals surface area contributed by atoms with Gasteiger partial charge in [-0.2, -0.15) is 0 Å². The zero-order chi connectivity index (χ0) is 18.7. The minimum atomic E-state index is -0.419. The lowest BCUT2D eigenvalue weighted by Crippen LogP contribution is -2.11. The molecule has 2 aromatic carbocycles. The van der Waals surface area contributed by atoms with Gasteiger partial charge in [0, 0.05) is 33.5 Å². The minimum absolute atomic E-state index is 0.0664. The van der Waals surface area contributed by atoms with Crippen molar-refractivity contribution in [1.82, 2.24) is 4.98 Å². The van der Waals surface area contributed by atoms with Gasteiger partial charge in [0.1, 0.15) is 0 Å². The number of aryl methyl sites for hydroxylation is 1. The van der Waals surface area contributed by atoms with Crippen molar-refractivity contribution in [3.05, 3.63) is 84.8 Å². The fourth-order valence-electron chi connectivity index (χ4n) is 2.37. The molecule has 1 aromatic heterocycles. The Morgan fingerprint density at radius 1 is 1.27 bits per heavy atom. The van der Waals surface area contributed by atoms with Gasteiger partial charge in [-0.3, -0.25) is 20.2 Å². The maximum atomic E-state index is 12.3. The van der Waals surface area contributed by atoms with E-state index in [1.807, 2.05) is 13.0 Å². The molecule has 0 fully saturated rings. The van der Waals surface area contributed by atoms with E-state index in [2.05, 4.69) is 26.2 Å². The Bertz CT molecular complexity index is 970. The summed E-state index contributed by atoms with van der Waals surface area (Å²) in [4.78, 5) is 28.0. The first-order valence-corrected chi connectivity index (χ1v) is 9.30. The molecule has 1 N–H and O–H groups in total. The molecule has 0 radical (unpaired) electrons. The first kappa shape index (κ1) is 18.2. The maximum absolute atomic E-state index is 12.3. The Morgan fingerprint density at radius 2 is 2.00 bits per heavy atom. The Labute approximate surface area is 162 Å². The van der Waals surface area contributed by atoms with Crippen LogP contribution in [0.15, 0.2) is 53.0 Å². The second-order valence-corrected chi connectivity index (χ2v) is 7.59. The molecule has 6 nitrogen and oxygen atoms in total. The molecule has 0 spiro atoms. The lowest BCUT2D eigenvalue weighted by Gasteiger charge is -2.02. The third-order valence-corrected chi connectivity index (χ3v) is 5.28. The number of amides is 1. The fourth-order valence-corrected chi connectivity index (χ4v) is 3.76. The van der Waals surface area contributed by atoms with Gasteiger partial charge in [-0.1, -0.05) is 34.1 Å². The van der Waals surface area contributed by atoms with E-state index in [4.69, 9.17) is 0 Å². The molecule has 0 aliphatic rings. The van der Waals surface area contributed by atoms with Crippen molar-refractivity contribution >= 4 is 44.0 Å². The summed E-state index contributed by atoms with van der Waals surface area (Å²) in [5, 5.41) is 14.1. The smallest absolute Gasteiger partial charge is 0.269 e. The fraction of sp³-hybridized carbons (Fsp3) is 0.111. The Hall–Kier alpha value is -2.58. The van der Waals surface area contributed by atoms with Crippen LogP contribution in [0.1, 0.15) is 26.5 Å². The average Bonchev–Trinajstić information content (AvgIpc) is 2.94. The van der Waals surface area contributed by atoms with Crippen molar-refractivity contribution in [2.75, 3.05) is 5.32 Å². The predicted molar refractivity (Wildman–Crippen MR) is 105 cm³/mol. The summed E-state index contributed by atoms with van der Waals surface area (Å²) in [5.41, 5.74) is 2.39. The van der Waals surface area contributed by atoms with Crippen LogP contribution in [-0.4, -0.2) is 15.8 Å². The van der Waals surface area contributed by atoms with E-state index in [9.17, 15) is 14.9 Å². The van der Waals surface area contributed by atoms with E-state index in [-0.39, 0.29) is 11.6 Å². The van der Waals surface area contributed by atoms with Crippen molar-refractivity contribution in [1.29, 1.82) is 0 Å². The summed E-state index contributed by atoms with van der Waals surface area (Å²) >= 11 is 4.75.